The highest BCUT2D eigenvalue weighted by Crippen LogP contribution is 2.24. The Balaban J connectivity index is 1.32. The number of nitriles is 1. The molecular weight excluding hydrogens is 340 g/mol. The van der Waals surface area contributed by atoms with Crippen LogP contribution in [0.4, 0.5) is 0 Å². The van der Waals surface area contributed by atoms with Gasteiger partial charge in [-0.1, -0.05) is 18.2 Å². The normalized spacial score (nSPS) is 15.7. The quantitative estimate of drug-likeness (QED) is 0.757. The first-order chi connectivity index (χ1) is 13.2. The standard InChI is InChI=1S/C21H22N4O2/c22-15-16-4-3-5-18(14-16)27-13-12-24-10-8-17(9-11-24)25-20-7-2-1-6-19(20)23-21(25)26/h1-7,14,17H,8-13H2,(H,23,26). The summed E-state index contributed by atoms with van der Waals surface area (Å²) in [5, 5.41) is 8.94. The van der Waals surface area contributed by atoms with Gasteiger partial charge in [-0.15, -0.1) is 0 Å². The number of hydrogen-bond acceptors (Lipinski definition) is 4. The van der Waals surface area contributed by atoms with Gasteiger partial charge in [0.2, 0.25) is 0 Å². The van der Waals surface area contributed by atoms with E-state index in [0.29, 0.717) is 12.2 Å². The van der Waals surface area contributed by atoms with Crippen LogP contribution in [-0.4, -0.2) is 40.7 Å². The van der Waals surface area contributed by atoms with Crippen LogP contribution < -0.4 is 10.4 Å². The molecule has 2 aromatic carbocycles. The van der Waals surface area contributed by atoms with Crippen LogP contribution in [0.15, 0.2) is 53.3 Å². The monoisotopic (exact) mass is 362 g/mol. The summed E-state index contributed by atoms with van der Waals surface area (Å²) in [5.74, 6) is 0.731. The largest absolute Gasteiger partial charge is 0.492 e. The number of nitrogens with one attached hydrogen (secondary N) is 1. The molecular formula is C21H22N4O2. The Morgan fingerprint density at radius 2 is 1.96 bits per heavy atom. The van der Waals surface area contributed by atoms with Crippen LogP contribution in [0, 0.1) is 11.3 Å². The summed E-state index contributed by atoms with van der Waals surface area (Å²) in [6.07, 6.45) is 1.90. The van der Waals surface area contributed by atoms with E-state index in [4.69, 9.17) is 10.00 Å². The van der Waals surface area contributed by atoms with Crippen molar-refractivity contribution in [1.29, 1.82) is 5.26 Å². The first kappa shape index (κ1) is 17.4. The number of ether oxygens (including phenoxy) is 1. The Hall–Kier alpha value is -3.04. The third-order valence-electron chi connectivity index (χ3n) is 5.19. The van der Waals surface area contributed by atoms with Crippen LogP contribution in [0.25, 0.3) is 11.0 Å². The number of likely N-dealkylation sites (tertiary alicyclic amines) is 1. The summed E-state index contributed by atoms with van der Waals surface area (Å²) in [6, 6.07) is 17.4. The fourth-order valence-corrected chi connectivity index (χ4v) is 3.79. The molecule has 0 atom stereocenters. The number of nitrogens with zero attached hydrogens (tertiary/aromatic N) is 3. The smallest absolute Gasteiger partial charge is 0.326 e. The molecule has 6 nitrogen and oxygen atoms in total. The van der Waals surface area contributed by atoms with Crippen molar-refractivity contribution in [3.8, 4) is 11.8 Å². The third kappa shape index (κ3) is 3.74. The molecule has 6 heteroatoms. The van der Waals surface area contributed by atoms with Crippen LogP contribution in [0.5, 0.6) is 5.75 Å². The van der Waals surface area contributed by atoms with Crippen LogP contribution in [0.3, 0.4) is 0 Å². The summed E-state index contributed by atoms with van der Waals surface area (Å²) >= 11 is 0. The molecule has 1 aromatic heterocycles. The van der Waals surface area contributed by atoms with Crippen LogP contribution in [0.2, 0.25) is 0 Å². The lowest BCUT2D eigenvalue weighted by Gasteiger charge is -2.32. The van der Waals surface area contributed by atoms with E-state index in [2.05, 4.69) is 16.0 Å². The zero-order chi connectivity index (χ0) is 18.6. The van der Waals surface area contributed by atoms with Crippen molar-refractivity contribution in [3.05, 3.63) is 64.6 Å². The second kappa shape index (κ2) is 7.68. The van der Waals surface area contributed by atoms with E-state index in [9.17, 15) is 4.79 Å². The molecule has 0 amide bonds. The molecule has 138 valence electrons. The number of benzene rings is 2. The molecule has 0 aliphatic carbocycles. The highest BCUT2D eigenvalue weighted by atomic mass is 16.5. The van der Waals surface area contributed by atoms with Gasteiger partial charge in [0.25, 0.3) is 0 Å². The fourth-order valence-electron chi connectivity index (χ4n) is 3.79. The lowest BCUT2D eigenvalue weighted by molar-refractivity contribution is 0.157. The number of aromatic amines is 1. The van der Waals surface area contributed by atoms with Gasteiger partial charge in [-0.25, -0.2) is 4.79 Å². The van der Waals surface area contributed by atoms with E-state index in [0.717, 1.165) is 49.3 Å². The molecule has 1 N–H and O–H groups in total. The maximum atomic E-state index is 12.4. The highest BCUT2D eigenvalue weighted by molar-refractivity contribution is 5.75. The van der Waals surface area contributed by atoms with Crippen molar-refractivity contribution in [3.63, 3.8) is 0 Å². The van der Waals surface area contributed by atoms with Crippen molar-refractivity contribution >= 4 is 11.0 Å². The minimum absolute atomic E-state index is 0.0182. The van der Waals surface area contributed by atoms with Gasteiger partial charge in [0.1, 0.15) is 12.4 Å². The number of piperidine rings is 1. The Bertz CT molecular complexity index is 1020. The summed E-state index contributed by atoms with van der Waals surface area (Å²) in [4.78, 5) is 17.7. The SMILES string of the molecule is N#Cc1cccc(OCCN2CCC(n3c(=O)[nH]c4ccccc43)CC2)c1. The van der Waals surface area contributed by atoms with E-state index in [-0.39, 0.29) is 11.7 Å². The molecule has 4 rings (SSSR count). The lowest BCUT2D eigenvalue weighted by atomic mass is 10.0. The van der Waals surface area contributed by atoms with Gasteiger partial charge in [-0.05, 0) is 43.2 Å². The van der Waals surface area contributed by atoms with Gasteiger partial charge < -0.3 is 9.72 Å². The maximum absolute atomic E-state index is 12.4. The number of H-pyrrole nitrogens is 1. The second-order valence-electron chi connectivity index (χ2n) is 6.88. The molecule has 0 radical (unpaired) electrons. The molecule has 0 spiro atoms. The number of aromatic nitrogens is 2. The molecule has 0 saturated carbocycles. The second-order valence-corrected chi connectivity index (χ2v) is 6.88. The maximum Gasteiger partial charge on any atom is 0.326 e. The lowest BCUT2D eigenvalue weighted by Crippen LogP contribution is -2.38. The Morgan fingerprint density at radius 3 is 2.78 bits per heavy atom. The molecule has 1 saturated heterocycles. The Morgan fingerprint density at radius 1 is 1.15 bits per heavy atom. The first-order valence-electron chi connectivity index (χ1n) is 9.29. The van der Waals surface area contributed by atoms with Crippen molar-refractivity contribution in [2.24, 2.45) is 0 Å². The van der Waals surface area contributed by atoms with E-state index in [1.165, 1.54) is 0 Å². The average Bonchev–Trinajstić information content (AvgIpc) is 3.04. The molecule has 0 unspecified atom stereocenters. The van der Waals surface area contributed by atoms with Gasteiger partial charge in [-0.2, -0.15) is 5.26 Å². The first-order valence-corrected chi connectivity index (χ1v) is 9.29. The van der Waals surface area contributed by atoms with Crippen LogP contribution >= 0.6 is 0 Å². The summed E-state index contributed by atoms with van der Waals surface area (Å²) in [5.41, 5.74) is 2.48. The van der Waals surface area contributed by atoms with Gasteiger partial charge in [0.05, 0.1) is 22.7 Å². The minimum Gasteiger partial charge on any atom is -0.492 e. The van der Waals surface area contributed by atoms with E-state index in [1.54, 1.807) is 12.1 Å². The summed E-state index contributed by atoms with van der Waals surface area (Å²) in [6.45, 7) is 3.31. The zero-order valence-electron chi connectivity index (χ0n) is 15.1. The van der Waals surface area contributed by atoms with Gasteiger partial charge in [0.15, 0.2) is 0 Å². The van der Waals surface area contributed by atoms with E-state index < -0.39 is 0 Å². The van der Waals surface area contributed by atoms with Gasteiger partial charge in [-0.3, -0.25) is 9.47 Å². The molecule has 1 fully saturated rings. The number of rotatable bonds is 5. The predicted octanol–water partition coefficient (Wildman–Crippen LogP) is 2.92. The summed E-state index contributed by atoms with van der Waals surface area (Å²) in [7, 11) is 0. The highest BCUT2D eigenvalue weighted by Gasteiger charge is 2.23. The topological polar surface area (TPSA) is 74.0 Å². The zero-order valence-corrected chi connectivity index (χ0v) is 15.1. The van der Waals surface area contributed by atoms with Crippen LogP contribution in [0.1, 0.15) is 24.4 Å². The number of imidazole rings is 1. The molecule has 2 heterocycles. The fraction of sp³-hybridized carbons (Fsp3) is 0.333. The number of hydrogen-bond donors (Lipinski definition) is 1. The molecule has 1 aliphatic heterocycles. The molecule has 27 heavy (non-hydrogen) atoms. The Kier molecular flexibility index (Phi) is 4.95. The van der Waals surface area contributed by atoms with Crippen molar-refractivity contribution < 1.29 is 4.74 Å². The number of fused-ring (bicyclic) bond motifs is 1. The van der Waals surface area contributed by atoms with Gasteiger partial charge >= 0.3 is 5.69 Å². The van der Waals surface area contributed by atoms with Crippen molar-refractivity contribution in [2.75, 3.05) is 26.2 Å². The summed E-state index contributed by atoms with van der Waals surface area (Å²) < 4.78 is 7.69. The molecule has 3 aromatic rings. The van der Waals surface area contributed by atoms with Crippen molar-refractivity contribution in [2.45, 2.75) is 18.9 Å². The van der Waals surface area contributed by atoms with Gasteiger partial charge in [0, 0.05) is 25.7 Å². The van der Waals surface area contributed by atoms with Crippen LogP contribution in [-0.2, 0) is 0 Å². The molecule has 0 bridgehead atoms. The number of para-hydroxylation sites is 2. The Labute approximate surface area is 157 Å². The average molecular weight is 362 g/mol. The van der Waals surface area contributed by atoms with E-state index >= 15 is 0 Å². The van der Waals surface area contributed by atoms with E-state index in [1.807, 2.05) is 41.0 Å². The van der Waals surface area contributed by atoms with Crippen molar-refractivity contribution in [1.82, 2.24) is 14.5 Å². The molecule has 1 aliphatic rings. The predicted molar refractivity (Wildman–Crippen MR) is 104 cm³/mol. The minimum atomic E-state index is -0.0182. The third-order valence-corrected chi connectivity index (χ3v) is 5.19.